The first kappa shape index (κ1) is 26.5. The molecular formula is C25H25F3O5SSi. The normalized spacial score (nSPS) is 12.8. The molecule has 3 aromatic rings. The van der Waals surface area contributed by atoms with Crippen LogP contribution in [0.25, 0.3) is 0 Å². The maximum Gasteiger partial charge on any atom is 0.534 e. The van der Waals surface area contributed by atoms with E-state index in [1.54, 1.807) is 0 Å². The highest BCUT2D eigenvalue weighted by Gasteiger charge is 2.52. The second-order valence-electron chi connectivity index (χ2n) is 9.00. The number of carbonyl (C=O) groups is 1. The van der Waals surface area contributed by atoms with Gasteiger partial charge in [-0.1, -0.05) is 81.4 Å². The van der Waals surface area contributed by atoms with Gasteiger partial charge in [0.15, 0.2) is 5.78 Å². The number of hydrogen-bond donors (Lipinski definition) is 0. The Morgan fingerprint density at radius 2 is 1.26 bits per heavy atom. The predicted molar refractivity (Wildman–Crippen MR) is 130 cm³/mol. The molecule has 0 aliphatic carbocycles. The zero-order chi connectivity index (χ0) is 26.1. The lowest BCUT2D eigenvalue weighted by Crippen LogP contribution is -2.68. The molecule has 35 heavy (non-hydrogen) atoms. The second kappa shape index (κ2) is 9.50. The molecule has 0 atom stereocenters. The zero-order valence-corrected chi connectivity index (χ0v) is 21.4. The van der Waals surface area contributed by atoms with Crippen LogP contribution in [0.5, 0.6) is 11.5 Å². The van der Waals surface area contributed by atoms with Crippen molar-refractivity contribution in [1.82, 2.24) is 0 Å². The minimum absolute atomic E-state index is 0.0272. The molecule has 0 aromatic heterocycles. The van der Waals surface area contributed by atoms with Gasteiger partial charge in [-0.05, 0) is 34.5 Å². The lowest BCUT2D eigenvalue weighted by atomic mass is 10.1. The van der Waals surface area contributed by atoms with E-state index in [0.717, 1.165) is 22.5 Å². The predicted octanol–water partition coefficient (Wildman–Crippen LogP) is 5.06. The van der Waals surface area contributed by atoms with Crippen molar-refractivity contribution in [3.8, 4) is 11.5 Å². The Morgan fingerprint density at radius 3 is 1.66 bits per heavy atom. The van der Waals surface area contributed by atoms with Crippen molar-refractivity contribution in [3.63, 3.8) is 0 Å². The van der Waals surface area contributed by atoms with Gasteiger partial charge < -0.3 is 8.61 Å². The highest BCUT2D eigenvalue weighted by Crippen LogP contribution is 2.39. The zero-order valence-electron chi connectivity index (χ0n) is 19.6. The van der Waals surface area contributed by atoms with E-state index in [1.807, 2.05) is 81.4 Å². The molecule has 0 fully saturated rings. The van der Waals surface area contributed by atoms with Crippen LogP contribution in [0.4, 0.5) is 13.2 Å². The topological polar surface area (TPSA) is 69.7 Å². The van der Waals surface area contributed by atoms with Gasteiger partial charge in [0.2, 0.25) is 0 Å². The van der Waals surface area contributed by atoms with E-state index in [2.05, 4.69) is 4.18 Å². The minimum Gasteiger partial charge on any atom is -0.534 e. The van der Waals surface area contributed by atoms with Gasteiger partial charge >= 0.3 is 23.9 Å². The second-order valence-corrected chi connectivity index (χ2v) is 14.8. The Labute approximate surface area is 203 Å². The summed E-state index contributed by atoms with van der Waals surface area (Å²) in [5.74, 6) is -1.13. The first-order valence-electron chi connectivity index (χ1n) is 10.6. The maximum absolute atomic E-state index is 12.9. The van der Waals surface area contributed by atoms with Crippen molar-refractivity contribution in [2.45, 2.75) is 38.2 Å². The molecule has 5 nitrogen and oxygen atoms in total. The minimum atomic E-state index is -5.94. The SMILES string of the molecule is CC(=O)c1cc(O[Si](c2ccccc2)(c2ccccc2)C(C)(C)C)cc(OS(=O)(=O)C(F)(F)F)c1. The fourth-order valence-corrected chi connectivity index (χ4v) is 8.73. The quantitative estimate of drug-likeness (QED) is 0.188. The molecule has 0 aliphatic heterocycles. The number of benzene rings is 3. The largest absolute Gasteiger partial charge is 0.534 e. The summed E-state index contributed by atoms with van der Waals surface area (Å²) >= 11 is 0. The van der Waals surface area contributed by atoms with Gasteiger partial charge in [-0.2, -0.15) is 21.6 Å². The molecule has 186 valence electrons. The summed E-state index contributed by atoms with van der Waals surface area (Å²) in [6, 6.07) is 22.3. The van der Waals surface area contributed by atoms with Gasteiger partial charge in [0.05, 0.1) is 0 Å². The van der Waals surface area contributed by atoms with Crippen LogP contribution in [0, 0.1) is 0 Å². The Kier molecular flexibility index (Phi) is 7.19. The van der Waals surface area contributed by atoms with E-state index in [1.165, 1.54) is 13.0 Å². The monoisotopic (exact) mass is 522 g/mol. The van der Waals surface area contributed by atoms with Crippen molar-refractivity contribution < 1.29 is 35.0 Å². The smallest absolute Gasteiger partial charge is 0.534 e. The number of ketones is 1. The van der Waals surface area contributed by atoms with E-state index in [-0.39, 0.29) is 11.3 Å². The lowest BCUT2D eigenvalue weighted by molar-refractivity contribution is -0.0500. The van der Waals surface area contributed by atoms with Crippen molar-refractivity contribution in [2.75, 3.05) is 0 Å². The molecule has 0 radical (unpaired) electrons. The van der Waals surface area contributed by atoms with Crippen molar-refractivity contribution in [1.29, 1.82) is 0 Å². The number of rotatable bonds is 7. The summed E-state index contributed by atoms with van der Waals surface area (Å²) in [5, 5.41) is 1.29. The summed E-state index contributed by atoms with van der Waals surface area (Å²) in [4.78, 5) is 12.1. The summed E-state index contributed by atoms with van der Waals surface area (Å²) in [6.07, 6.45) is 0. The molecule has 0 unspecified atom stereocenters. The molecule has 0 saturated heterocycles. The Bertz CT molecular complexity index is 1260. The van der Waals surface area contributed by atoms with Gasteiger partial charge in [-0.25, -0.2) is 0 Å². The summed E-state index contributed by atoms with van der Waals surface area (Å²) < 4.78 is 73.1. The molecular weight excluding hydrogens is 497 g/mol. The summed E-state index contributed by atoms with van der Waals surface area (Å²) in [6.45, 7) is 7.21. The number of halogens is 3. The van der Waals surface area contributed by atoms with E-state index in [4.69, 9.17) is 4.43 Å². The maximum atomic E-state index is 12.9. The van der Waals surface area contributed by atoms with Gasteiger partial charge in [-0.3, -0.25) is 4.79 Å². The fraction of sp³-hybridized carbons (Fsp3) is 0.240. The molecule has 0 aliphatic rings. The number of alkyl halides is 3. The van der Waals surface area contributed by atoms with Crippen molar-refractivity contribution in [3.05, 3.63) is 84.4 Å². The molecule has 0 spiro atoms. The van der Waals surface area contributed by atoms with E-state index in [9.17, 15) is 26.4 Å². The van der Waals surface area contributed by atoms with Crippen molar-refractivity contribution >= 4 is 34.6 Å². The van der Waals surface area contributed by atoms with Gasteiger partial charge in [0, 0.05) is 11.6 Å². The van der Waals surface area contributed by atoms with Crippen LogP contribution < -0.4 is 19.0 Å². The molecule has 3 rings (SSSR count). The van der Waals surface area contributed by atoms with Gasteiger partial charge in [0.25, 0.3) is 0 Å². The van der Waals surface area contributed by atoms with Gasteiger partial charge in [-0.15, -0.1) is 0 Å². The van der Waals surface area contributed by atoms with Gasteiger partial charge in [0.1, 0.15) is 11.5 Å². The van der Waals surface area contributed by atoms with Crippen LogP contribution >= 0.6 is 0 Å². The van der Waals surface area contributed by atoms with Crippen LogP contribution in [-0.4, -0.2) is 28.0 Å². The number of Topliss-reactive ketones (excluding diaryl/α,β-unsaturated/α-hetero) is 1. The van der Waals surface area contributed by atoms with Crippen LogP contribution in [0.15, 0.2) is 78.9 Å². The molecule has 0 bridgehead atoms. The van der Waals surface area contributed by atoms with Crippen molar-refractivity contribution in [2.24, 2.45) is 0 Å². The first-order chi connectivity index (χ1) is 16.2. The average Bonchev–Trinajstić information content (AvgIpc) is 2.76. The number of hydrogen-bond acceptors (Lipinski definition) is 5. The highest BCUT2D eigenvalue weighted by atomic mass is 32.2. The summed E-state index contributed by atoms with van der Waals surface area (Å²) in [5.41, 5.74) is -5.68. The molecule has 0 N–H and O–H groups in total. The van der Waals surface area contributed by atoms with E-state index >= 15 is 0 Å². The Balaban J connectivity index is 2.25. The molecule has 0 heterocycles. The third kappa shape index (κ3) is 5.43. The van der Waals surface area contributed by atoms with E-state index in [0.29, 0.717) is 0 Å². The average molecular weight is 523 g/mol. The van der Waals surface area contributed by atoms with Crippen LogP contribution in [0.2, 0.25) is 5.04 Å². The molecule has 3 aromatic carbocycles. The Hall–Kier alpha value is -3.11. The Morgan fingerprint density at radius 1 is 0.800 bits per heavy atom. The van der Waals surface area contributed by atoms with Crippen LogP contribution in [-0.2, 0) is 10.1 Å². The highest BCUT2D eigenvalue weighted by molar-refractivity contribution is 7.88. The van der Waals surface area contributed by atoms with Crippen LogP contribution in [0.3, 0.4) is 0 Å². The third-order valence-electron chi connectivity index (χ3n) is 5.46. The third-order valence-corrected chi connectivity index (χ3v) is 11.4. The molecule has 10 heteroatoms. The summed E-state index contributed by atoms with van der Waals surface area (Å²) in [7, 11) is -9.15. The fourth-order valence-electron chi connectivity index (χ4n) is 3.88. The molecule has 0 amide bonds. The van der Waals surface area contributed by atoms with Crippen LogP contribution in [0.1, 0.15) is 38.1 Å². The number of carbonyl (C=O) groups excluding carboxylic acids is 1. The standard InChI is InChI=1S/C25H25F3O5SSi/c1-18(29)19-15-20(32-34(30,31)25(26,27)28)17-21(16-19)33-35(24(2,3)4,22-11-7-5-8-12-22)23-13-9-6-10-14-23/h5-17H,1-4H3. The van der Waals surface area contributed by atoms with E-state index < -0.39 is 40.5 Å². The lowest BCUT2D eigenvalue weighted by Gasteiger charge is -2.43. The first-order valence-corrected chi connectivity index (χ1v) is 14.0. The molecule has 0 saturated carbocycles.